The Morgan fingerprint density at radius 3 is 2.58 bits per heavy atom. The van der Waals surface area contributed by atoms with Gasteiger partial charge in [0.15, 0.2) is 0 Å². The van der Waals surface area contributed by atoms with E-state index in [0.29, 0.717) is 17.3 Å². The first-order valence-corrected chi connectivity index (χ1v) is 7.36. The van der Waals surface area contributed by atoms with E-state index in [1.165, 1.54) is 0 Å². The van der Waals surface area contributed by atoms with Gasteiger partial charge in [-0.1, -0.05) is 48.3 Å². The lowest BCUT2D eigenvalue weighted by atomic mass is 9.84. The van der Waals surface area contributed by atoms with Crippen molar-refractivity contribution in [1.29, 1.82) is 0 Å². The predicted octanol–water partition coefficient (Wildman–Crippen LogP) is 4.05. The van der Waals surface area contributed by atoms with Gasteiger partial charge in [0.2, 0.25) is 5.91 Å². The lowest BCUT2D eigenvalue weighted by Gasteiger charge is -2.24. The van der Waals surface area contributed by atoms with Crippen molar-refractivity contribution in [3.8, 4) is 0 Å². The molecular weight excluding hydrogens is 328 g/mol. The molecule has 0 radical (unpaired) electrons. The summed E-state index contributed by atoms with van der Waals surface area (Å²) in [7, 11) is 0. The third-order valence-corrected chi connectivity index (χ3v) is 3.51. The maximum atomic E-state index is 12.2. The normalized spacial score (nSPS) is 13.2. The molecule has 1 rings (SSSR count). The highest BCUT2D eigenvalue weighted by Crippen LogP contribution is 2.28. The molecule has 3 N–H and O–H groups in total. The fourth-order valence-electron chi connectivity index (χ4n) is 1.85. The van der Waals surface area contributed by atoms with Crippen LogP contribution in [-0.4, -0.2) is 12.5 Å². The molecule has 0 aliphatic carbocycles. The van der Waals surface area contributed by atoms with E-state index < -0.39 is 0 Å². The number of halogens is 2. The molecule has 1 unspecified atom stereocenters. The molecule has 0 heterocycles. The van der Waals surface area contributed by atoms with Gasteiger partial charge in [-0.2, -0.15) is 0 Å². The Labute approximate surface area is 128 Å². The van der Waals surface area contributed by atoms with Gasteiger partial charge in [0.1, 0.15) is 0 Å². The summed E-state index contributed by atoms with van der Waals surface area (Å²) in [4.78, 5) is 12.2. The number of benzene rings is 1. The smallest absolute Gasteiger partial charge is 0.228 e. The van der Waals surface area contributed by atoms with E-state index in [9.17, 15) is 4.79 Å². The molecule has 1 amide bonds. The molecule has 5 heteroatoms. The molecule has 1 atom stereocenters. The molecule has 0 saturated heterocycles. The summed E-state index contributed by atoms with van der Waals surface area (Å²) in [6, 6.07) is 5.36. The summed E-state index contributed by atoms with van der Waals surface area (Å²) in [5, 5.41) is 3.35. The minimum atomic E-state index is -0.209. The van der Waals surface area contributed by atoms with Crippen LogP contribution >= 0.6 is 27.5 Å². The van der Waals surface area contributed by atoms with E-state index in [2.05, 4.69) is 42.0 Å². The van der Waals surface area contributed by atoms with E-state index in [1.807, 2.05) is 6.07 Å². The number of carbonyl (C=O) groups is 1. The Balaban J connectivity index is 2.77. The lowest BCUT2D eigenvalue weighted by molar-refractivity contribution is -0.120. The van der Waals surface area contributed by atoms with Crippen LogP contribution < -0.4 is 11.1 Å². The fraction of sp³-hybridized carbons (Fsp3) is 0.500. The Bertz CT molecular complexity index is 457. The minimum Gasteiger partial charge on any atom is -0.330 e. The average Bonchev–Trinajstić information content (AvgIpc) is 2.28. The van der Waals surface area contributed by atoms with Gasteiger partial charge in [-0.05, 0) is 30.0 Å². The zero-order valence-electron chi connectivity index (χ0n) is 11.5. The van der Waals surface area contributed by atoms with E-state index in [0.717, 1.165) is 10.9 Å². The third kappa shape index (κ3) is 5.51. The monoisotopic (exact) mass is 346 g/mol. The second kappa shape index (κ2) is 6.73. The summed E-state index contributed by atoms with van der Waals surface area (Å²) in [5.41, 5.74) is 6.37. The quantitative estimate of drug-likeness (QED) is 0.863. The van der Waals surface area contributed by atoms with Crippen molar-refractivity contribution >= 4 is 39.1 Å². The summed E-state index contributed by atoms with van der Waals surface area (Å²) in [6.07, 6.45) is 0.740. The first-order chi connectivity index (χ1) is 8.73. The molecule has 0 bridgehead atoms. The molecule has 0 aliphatic heterocycles. The maximum Gasteiger partial charge on any atom is 0.228 e. The van der Waals surface area contributed by atoms with Gasteiger partial charge in [0.05, 0.1) is 16.6 Å². The molecule has 1 aromatic carbocycles. The molecule has 0 spiro atoms. The standard InChI is InChI=1S/C14H20BrClN2O/c1-14(2,3)7-9(8-17)13(19)18-12-5-4-10(15)6-11(12)16/h4-6,9H,7-8,17H2,1-3H3,(H,18,19). The third-order valence-electron chi connectivity index (χ3n) is 2.70. The van der Waals surface area contributed by atoms with Gasteiger partial charge >= 0.3 is 0 Å². The van der Waals surface area contributed by atoms with Crippen LogP contribution in [-0.2, 0) is 4.79 Å². The molecule has 0 saturated carbocycles. The Hall–Kier alpha value is -0.580. The number of amides is 1. The molecule has 106 valence electrons. The van der Waals surface area contributed by atoms with Gasteiger partial charge in [0.25, 0.3) is 0 Å². The minimum absolute atomic E-state index is 0.0604. The molecule has 0 aromatic heterocycles. The molecular formula is C14H20BrClN2O. The van der Waals surface area contributed by atoms with Crippen molar-refractivity contribution in [3.05, 3.63) is 27.7 Å². The number of rotatable bonds is 4. The Morgan fingerprint density at radius 1 is 1.47 bits per heavy atom. The average molecular weight is 348 g/mol. The molecule has 0 fully saturated rings. The Kier molecular flexibility index (Phi) is 5.83. The number of nitrogens with one attached hydrogen (secondary N) is 1. The van der Waals surface area contributed by atoms with E-state index in [-0.39, 0.29) is 17.2 Å². The summed E-state index contributed by atoms with van der Waals surface area (Å²) in [5.74, 6) is -0.290. The number of nitrogens with two attached hydrogens (primary N) is 1. The SMILES string of the molecule is CC(C)(C)CC(CN)C(=O)Nc1ccc(Br)cc1Cl. The van der Waals surface area contributed by atoms with Gasteiger partial charge in [-0.3, -0.25) is 4.79 Å². The van der Waals surface area contributed by atoms with Crippen LogP contribution in [0.2, 0.25) is 5.02 Å². The van der Waals surface area contributed by atoms with Crippen molar-refractivity contribution in [3.63, 3.8) is 0 Å². The number of carbonyl (C=O) groups excluding carboxylic acids is 1. The molecule has 1 aromatic rings. The van der Waals surface area contributed by atoms with Gasteiger partial charge in [0, 0.05) is 11.0 Å². The predicted molar refractivity (Wildman–Crippen MR) is 84.4 cm³/mol. The van der Waals surface area contributed by atoms with Crippen LogP contribution in [0, 0.1) is 11.3 Å². The number of anilines is 1. The number of hydrogen-bond donors (Lipinski definition) is 2. The second-order valence-corrected chi connectivity index (χ2v) is 7.13. The van der Waals surface area contributed by atoms with E-state index in [4.69, 9.17) is 17.3 Å². The highest BCUT2D eigenvalue weighted by atomic mass is 79.9. The van der Waals surface area contributed by atoms with Crippen LogP contribution in [0.4, 0.5) is 5.69 Å². The number of hydrogen-bond acceptors (Lipinski definition) is 2. The van der Waals surface area contributed by atoms with Gasteiger partial charge in [-0.15, -0.1) is 0 Å². The summed E-state index contributed by atoms with van der Waals surface area (Å²) >= 11 is 9.41. The molecule has 19 heavy (non-hydrogen) atoms. The van der Waals surface area contributed by atoms with Crippen molar-refractivity contribution in [1.82, 2.24) is 0 Å². The van der Waals surface area contributed by atoms with Crippen molar-refractivity contribution in [2.45, 2.75) is 27.2 Å². The van der Waals surface area contributed by atoms with Crippen LogP contribution in [0.5, 0.6) is 0 Å². The van der Waals surface area contributed by atoms with E-state index in [1.54, 1.807) is 12.1 Å². The second-order valence-electron chi connectivity index (χ2n) is 5.81. The molecule has 0 aliphatic rings. The van der Waals surface area contributed by atoms with Crippen molar-refractivity contribution in [2.75, 3.05) is 11.9 Å². The zero-order valence-corrected chi connectivity index (χ0v) is 13.8. The largest absolute Gasteiger partial charge is 0.330 e. The summed E-state index contributed by atoms with van der Waals surface area (Å²) in [6.45, 7) is 6.61. The topological polar surface area (TPSA) is 55.1 Å². The van der Waals surface area contributed by atoms with Gasteiger partial charge in [-0.25, -0.2) is 0 Å². The van der Waals surface area contributed by atoms with Crippen LogP contribution in [0.25, 0.3) is 0 Å². The van der Waals surface area contributed by atoms with Gasteiger partial charge < -0.3 is 11.1 Å². The first-order valence-electron chi connectivity index (χ1n) is 6.19. The summed E-state index contributed by atoms with van der Waals surface area (Å²) < 4.78 is 0.876. The fourth-order valence-corrected chi connectivity index (χ4v) is 2.57. The van der Waals surface area contributed by atoms with Crippen LogP contribution in [0.1, 0.15) is 27.2 Å². The molecule has 3 nitrogen and oxygen atoms in total. The van der Waals surface area contributed by atoms with Crippen LogP contribution in [0.3, 0.4) is 0 Å². The maximum absolute atomic E-state index is 12.2. The van der Waals surface area contributed by atoms with Crippen LogP contribution in [0.15, 0.2) is 22.7 Å². The zero-order chi connectivity index (χ0) is 14.6. The first kappa shape index (κ1) is 16.5. The lowest BCUT2D eigenvalue weighted by Crippen LogP contribution is -2.32. The Morgan fingerprint density at radius 2 is 2.11 bits per heavy atom. The highest BCUT2D eigenvalue weighted by Gasteiger charge is 2.24. The van der Waals surface area contributed by atoms with E-state index >= 15 is 0 Å². The highest BCUT2D eigenvalue weighted by molar-refractivity contribution is 9.10. The van der Waals surface area contributed by atoms with Crippen molar-refractivity contribution in [2.24, 2.45) is 17.1 Å². The van der Waals surface area contributed by atoms with Crippen molar-refractivity contribution < 1.29 is 4.79 Å².